The number of aliphatic hydroxyl groups is 1. The van der Waals surface area contributed by atoms with Crippen LogP contribution in [0.15, 0.2) is 0 Å². The fraction of sp³-hybridized carbons (Fsp3) is 1.00. The molecule has 2 rings (SSSR count). The van der Waals surface area contributed by atoms with E-state index < -0.39 is 5.60 Å². The number of hydrogen-bond acceptors (Lipinski definition) is 4. The van der Waals surface area contributed by atoms with E-state index in [4.69, 9.17) is 9.47 Å². The number of ether oxygens (including phenoxy) is 2. The Kier molecular flexibility index (Phi) is 5.01. The molecule has 4 heteroatoms. The summed E-state index contributed by atoms with van der Waals surface area (Å²) in [7, 11) is 0. The SMILES string of the molecule is CC(C)C1CC(NCC2(O)CCOCC2)CCO1. The second kappa shape index (κ2) is 6.33. The zero-order valence-electron chi connectivity index (χ0n) is 11.7. The molecule has 106 valence electrons. The molecule has 0 aromatic heterocycles. The summed E-state index contributed by atoms with van der Waals surface area (Å²) in [5.74, 6) is 0.570. The van der Waals surface area contributed by atoms with Crippen molar-refractivity contribution in [1.29, 1.82) is 0 Å². The van der Waals surface area contributed by atoms with Crippen LogP contribution in [-0.4, -0.2) is 49.2 Å². The van der Waals surface area contributed by atoms with Gasteiger partial charge in [-0.05, 0) is 18.8 Å². The Hall–Kier alpha value is -0.160. The van der Waals surface area contributed by atoms with Gasteiger partial charge in [0.2, 0.25) is 0 Å². The van der Waals surface area contributed by atoms with Gasteiger partial charge in [0.1, 0.15) is 0 Å². The first-order chi connectivity index (χ1) is 8.59. The van der Waals surface area contributed by atoms with Crippen molar-refractivity contribution < 1.29 is 14.6 Å². The van der Waals surface area contributed by atoms with Crippen molar-refractivity contribution in [2.75, 3.05) is 26.4 Å². The molecular formula is C14H27NO3. The quantitative estimate of drug-likeness (QED) is 0.797. The Bertz CT molecular complexity index is 251. The average molecular weight is 257 g/mol. The highest BCUT2D eigenvalue weighted by Crippen LogP contribution is 2.23. The topological polar surface area (TPSA) is 50.7 Å². The molecule has 0 amide bonds. The lowest BCUT2D eigenvalue weighted by Gasteiger charge is -2.37. The molecule has 2 unspecified atom stereocenters. The van der Waals surface area contributed by atoms with Crippen molar-refractivity contribution in [2.24, 2.45) is 5.92 Å². The monoisotopic (exact) mass is 257 g/mol. The Morgan fingerprint density at radius 2 is 2.00 bits per heavy atom. The van der Waals surface area contributed by atoms with Crippen LogP contribution in [0.25, 0.3) is 0 Å². The predicted octanol–water partition coefficient (Wildman–Crippen LogP) is 1.32. The van der Waals surface area contributed by atoms with Crippen LogP contribution in [0.4, 0.5) is 0 Å². The molecule has 0 aliphatic carbocycles. The molecule has 2 aliphatic heterocycles. The van der Waals surface area contributed by atoms with E-state index in [2.05, 4.69) is 19.2 Å². The number of rotatable bonds is 4. The summed E-state index contributed by atoms with van der Waals surface area (Å²) in [6.07, 6.45) is 3.97. The third-order valence-corrected chi connectivity index (χ3v) is 4.20. The molecule has 2 N–H and O–H groups in total. The molecule has 0 spiro atoms. The summed E-state index contributed by atoms with van der Waals surface area (Å²) in [6, 6.07) is 0.484. The summed E-state index contributed by atoms with van der Waals surface area (Å²) >= 11 is 0. The van der Waals surface area contributed by atoms with Gasteiger partial charge in [0.15, 0.2) is 0 Å². The van der Waals surface area contributed by atoms with Gasteiger partial charge in [0.25, 0.3) is 0 Å². The third-order valence-electron chi connectivity index (χ3n) is 4.20. The lowest BCUT2D eigenvalue weighted by atomic mass is 9.92. The van der Waals surface area contributed by atoms with Crippen LogP contribution < -0.4 is 5.32 Å². The molecule has 2 heterocycles. The summed E-state index contributed by atoms with van der Waals surface area (Å²) < 4.78 is 11.1. The first kappa shape index (κ1) is 14.3. The fourth-order valence-electron chi connectivity index (χ4n) is 2.74. The predicted molar refractivity (Wildman–Crippen MR) is 70.6 cm³/mol. The highest BCUT2D eigenvalue weighted by molar-refractivity contribution is 4.87. The minimum absolute atomic E-state index is 0.362. The molecule has 2 fully saturated rings. The first-order valence-electron chi connectivity index (χ1n) is 7.24. The first-order valence-corrected chi connectivity index (χ1v) is 7.24. The summed E-state index contributed by atoms with van der Waals surface area (Å²) in [5, 5.41) is 13.9. The highest BCUT2D eigenvalue weighted by Gasteiger charge is 2.31. The van der Waals surface area contributed by atoms with Gasteiger partial charge in [-0.15, -0.1) is 0 Å². The van der Waals surface area contributed by atoms with Gasteiger partial charge < -0.3 is 19.9 Å². The summed E-state index contributed by atoms with van der Waals surface area (Å²) in [6.45, 7) is 7.30. The van der Waals surface area contributed by atoms with E-state index in [1.54, 1.807) is 0 Å². The summed E-state index contributed by atoms with van der Waals surface area (Å²) in [5.41, 5.74) is -0.566. The molecule has 0 aromatic carbocycles. The molecule has 2 aliphatic rings. The van der Waals surface area contributed by atoms with Gasteiger partial charge in [0, 0.05) is 45.2 Å². The van der Waals surface area contributed by atoms with Crippen molar-refractivity contribution in [3.63, 3.8) is 0 Å². The molecule has 18 heavy (non-hydrogen) atoms. The van der Waals surface area contributed by atoms with Gasteiger partial charge in [-0.25, -0.2) is 0 Å². The smallest absolute Gasteiger partial charge is 0.0815 e. The van der Waals surface area contributed by atoms with Gasteiger partial charge >= 0.3 is 0 Å². The molecule has 0 radical (unpaired) electrons. The van der Waals surface area contributed by atoms with E-state index in [-0.39, 0.29) is 0 Å². The van der Waals surface area contributed by atoms with E-state index in [1.165, 1.54) is 0 Å². The Balaban J connectivity index is 1.75. The maximum absolute atomic E-state index is 10.4. The lowest BCUT2D eigenvalue weighted by molar-refractivity contribution is -0.0687. The molecule has 2 saturated heterocycles. The van der Waals surface area contributed by atoms with E-state index in [9.17, 15) is 5.11 Å². The van der Waals surface area contributed by atoms with Crippen molar-refractivity contribution >= 4 is 0 Å². The zero-order chi connectivity index (χ0) is 13.0. The van der Waals surface area contributed by atoms with Crippen LogP contribution in [0.1, 0.15) is 39.5 Å². The molecule has 4 nitrogen and oxygen atoms in total. The standard InChI is InChI=1S/C14H27NO3/c1-11(2)13-9-12(3-6-18-13)15-10-14(16)4-7-17-8-5-14/h11-13,15-16H,3-10H2,1-2H3. The zero-order valence-corrected chi connectivity index (χ0v) is 11.7. The second-order valence-corrected chi connectivity index (χ2v) is 6.09. The molecule has 0 aromatic rings. The Labute approximate surface area is 110 Å². The van der Waals surface area contributed by atoms with Crippen LogP contribution in [0.2, 0.25) is 0 Å². The second-order valence-electron chi connectivity index (χ2n) is 6.09. The van der Waals surface area contributed by atoms with Crippen LogP contribution in [0.3, 0.4) is 0 Å². The van der Waals surface area contributed by atoms with Crippen molar-refractivity contribution in [2.45, 2.75) is 57.3 Å². The minimum atomic E-state index is -0.566. The Morgan fingerprint density at radius 1 is 1.28 bits per heavy atom. The van der Waals surface area contributed by atoms with Crippen LogP contribution in [-0.2, 0) is 9.47 Å². The van der Waals surface area contributed by atoms with Crippen LogP contribution in [0.5, 0.6) is 0 Å². The average Bonchev–Trinajstić information content (AvgIpc) is 2.38. The van der Waals surface area contributed by atoms with E-state index in [0.717, 1.165) is 32.3 Å². The van der Waals surface area contributed by atoms with E-state index in [1.807, 2.05) is 0 Å². The minimum Gasteiger partial charge on any atom is -0.388 e. The number of hydrogen-bond donors (Lipinski definition) is 2. The van der Waals surface area contributed by atoms with Crippen molar-refractivity contribution in [3.05, 3.63) is 0 Å². The molecular weight excluding hydrogens is 230 g/mol. The lowest BCUT2D eigenvalue weighted by Crippen LogP contribution is -2.50. The van der Waals surface area contributed by atoms with Gasteiger partial charge in [-0.3, -0.25) is 0 Å². The largest absolute Gasteiger partial charge is 0.388 e. The number of nitrogens with one attached hydrogen (secondary N) is 1. The molecule has 0 saturated carbocycles. The third kappa shape index (κ3) is 3.92. The molecule has 0 bridgehead atoms. The van der Waals surface area contributed by atoms with Crippen LogP contribution >= 0.6 is 0 Å². The Morgan fingerprint density at radius 3 is 2.67 bits per heavy atom. The van der Waals surface area contributed by atoms with Crippen molar-refractivity contribution in [1.82, 2.24) is 5.32 Å². The maximum Gasteiger partial charge on any atom is 0.0815 e. The van der Waals surface area contributed by atoms with E-state index in [0.29, 0.717) is 37.8 Å². The van der Waals surface area contributed by atoms with Gasteiger partial charge in [-0.1, -0.05) is 13.8 Å². The van der Waals surface area contributed by atoms with Crippen LogP contribution in [0, 0.1) is 5.92 Å². The highest BCUT2D eigenvalue weighted by atomic mass is 16.5. The normalized spacial score (nSPS) is 32.7. The van der Waals surface area contributed by atoms with Gasteiger partial charge in [-0.2, -0.15) is 0 Å². The van der Waals surface area contributed by atoms with Gasteiger partial charge in [0.05, 0.1) is 11.7 Å². The van der Waals surface area contributed by atoms with E-state index >= 15 is 0 Å². The summed E-state index contributed by atoms with van der Waals surface area (Å²) in [4.78, 5) is 0. The fourth-order valence-corrected chi connectivity index (χ4v) is 2.74. The maximum atomic E-state index is 10.4. The molecule has 2 atom stereocenters. The van der Waals surface area contributed by atoms with Crippen molar-refractivity contribution in [3.8, 4) is 0 Å².